The van der Waals surface area contributed by atoms with Crippen molar-refractivity contribution in [3.05, 3.63) is 35.9 Å². The Kier molecular flexibility index (Phi) is 5.61. The summed E-state index contributed by atoms with van der Waals surface area (Å²) in [4.78, 5) is 16.9. The minimum Gasteiger partial charge on any atom is -0.446 e. The summed E-state index contributed by atoms with van der Waals surface area (Å²) < 4.78 is 5.00. The molecule has 0 aromatic heterocycles. The Morgan fingerprint density at radius 1 is 1.43 bits per heavy atom. The van der Waals surface area contributed by atoms with Crippen LogP contribution in [0.2, 0.25) is 0 Å². The first-order chi connectivity index (χ1) is 10.0. The van der Waals surface area contributed by atoms with Gasteiger partial charge in [0.05, 0.1) is 23.6 Å². The van der Waals surface area contributed by atoms with Gasteiger partial charge in [-0.1, -0.05) is 60.1 Å². The monoisotopic (exact) mass is 357 g/mol. The number of halogens is 1. The first-order valence-corrected chi connectivity index (χ1v) is 7.88. The Hall–Kier alpha value is -1.11. The van der Waals surface area contributed by atoms with E-state index in [0.29, 0.717) is 6.61 Å². The molecule has 21 heavy (non-hydrogen) atoms. The minimum atomic E-state index is -0.706. The van der Waals surface area contributed by atoms with E-state index in [4.69, 9.17) is 9.57 Å². The number of hydroxylamine groups is 2. The molecule has 2 rings (SSSR count). The molecular formula is C15H20BrNO4. The maximum Gasteiger partial charge on any atom is 0.434 e. The van der Waals surface area contributed by atoms with Crippen LogP contribution >= 0.6 is 15.9 Å². The van der Waals surface area contributed by atoms with Gasteiger partial charge in [-0.3, -0.25) is 4.84 Å². The van der Waals surface area contributed by atoms with Gasteiger partial charge < -0.3 is 9.84 Å². The highest BCUT2D eigenvalue weighted by Crippen LogP contribution is 2.25. The molecule has 6 heteroatoms. The fraction of sp³-hybridized carbons (Fsp3) is 0.533. The fourth-order valence-electron chi connectivity index (χ4n) is 2.14. The van der Waals surface area contributed by atoms with E-state index in [1.165, 1.54) is 5.06 Å². The van der Waals surface area contributed by atoms with Crippen molar-refractivity contribution in [2.24, 2.45) is 5.92 Å². The van der Waals surface area contributed by atoms with E-state index >= 15 is 0 Å². The van der Waals surface area contributed by atoms with Crippen molar-refractivity contribution in [3.63, 3.8) is 0 Å². The molecule has 116 valence electrons. The van der Waals surface area contributed by atoms with Gasteiger partial charge in [0.2, 0.25) is 0 Å². The molecule has 1 amide bonds. The van der Waals surface area contributed by atoms with Crippen LogP contribution in [0, 0.1) is 5.92 Å². The molecule has 1 aliphatic rings. The van der Waals surface area contributed by atoms with E-state index in [0.717, 1.165) is 5.56 Å². The number of cyclic esters (lactones) is 1. The summed E-state index contributed by atoms with van der Waals surface area (Å²) >= 11 is 3.41. The lowest BCUT2D eigenvalue weighted by Gasteiger charge is -2.25. The molecule has 0 aliphatic carbocycles. The average molecular weight is 358 g/mol. The van der Waals surface area contributed by atoms with Crippen LogP contribution in [0.25, 0.3) is 0 Å². The zero-order valence-electron chi connectivity index (χ0n) is 12.1. The largest absolute Gasteiger partial charge is 0.446 e. The van der Waals surface area contributed by atoms with E-state index in [2.05, 4.69) is 15.9 Å². The van der Waals surface area contributed by atoms with Crippen molar-refractivity contribution >= 4 is 22.0 Å². The van der Waals surface area contributed by atoms with E-state index in [1.54, 1.807) is 0 Å². The van der Waals surface area contributed by atoms with E-state index in [-0.39, 0.29) is 23.4 Å². The SMILES string of the molecule is CC(C)[C@H]1COC(=O)N1OC[C@H](Br)[C@H](O)c1ccccc1. The predicted molar refractivity (Wildman–Crippen MR) is 81.9 cm³/mol. The van der Waals surface area contributed by atoms with Crippen LogP contribution in [0.4, 0.5) is 4.79 Å². The molecule has 1 heterocycles. The van der Waals surface area contributed by atoms with Crippen LogP contribution in [-0.2, 0) is 9.57 Å². The van der Waals surface area contributed by atoms with Crippen LogP contribution < -0.4 is 0 Å². The van der Waals surface area contributed by atoms with Gasteiger partial charge in [-0.2, -0.15) is 5.06 Å². The fourth-order valence-corrected chi connectivity index (χ4v) is 2.56. The maximum absolute atomic E-state index is 11.6. The smallest absolute Gasteiger partial charge is 0.434 e. The maximum atomic E-state index is 11.6. The molecule has 0 unspecified atom stereocenters. The number of hydrogen-bond acceptors (Lipinski definition) is 4. The van der Waals surface area contributed by atoms with Gasteiger partial charge in [-0.25, -0.2) is 4.79 Å². The summed E-state index contributed by atoms with van der Waals surface area (Å²) in [6, 6.07) is 9.23. The third kappa shape index (κ3) is 3.96. The van der Waals surface area contributed by atoms with Crippen LogP contribution in [0.3, 0.4) is 0 Å². The van der Waals surface area contributed by atoms with Crippen LogP contribution in [0.5, 0.6) is 0 Å². The van der Waals surface area contributed by atoms with Gasteiger partial charge in [-0.15, -0.1) is 0 Å². The first-order valence-electron chi connectivity index (χ1n) is 6.96. The average Bonchev–Trinajstić information content (AvgIpc) is 2.86. The number of rotatable bonds is 6. The molecule has 0 bridgehead atoms. The van der Waals surface area contributed by atoms with Crippen molar-refractivity contribution in [1.82, 2.24) is 5.06 Å². The van der Waals surface area contributed by atoms with E-state index in [1.807, 2.05) is 44.2 Å². The summed E-state index contributed by atoms with van der Waals surface area (Å²) in [5.74, 6) is 0.240. The van der Waals surface area contributed by atoms with E-state index < -0.39 is 12.2 Å². The van der Waals surface area contributed by atoms with Crippen LogP contribution in [0.1, 0.15) is 25.5 Å². The number of amides is 1. The zero-order valence-corrected chi connectivity index (χ0v) is 13.7. The Morgan fingerprint density at radius 2 is 2.10 bits per heavy atom. The number of hydrogen-bond donors (Lipinski definition) is 1. The molecule has 0 saturated carbocycles. The van der Waals surface area contributed by atoms with Gasteiger partial charge >= 0.3 is 6.09 Å². The molecule has 1 saturated heterocycles. The molecule has 0 spiro atoms. The molecule has 3 atom stereocenters. The van der Waals surface area contributed by atoms with Gasteiger partial charge in [-0.05, 0) is 11.5 Å². The Balaban J connectivity index is 1.91. The predicted octanol–water partition coefficient (Wildman–Crippen LogP) is 2.89. The normalized spacial score (nSPS) is 21.5. The standard InChI is InChI=1S/C15H20BrNO4/c1-10(2)13-9-20-15(19)17(13)21-8-12(16)14(18)11-6-4-3-5-7-11/h3-7,10,12-14,18H,8-9H2,1-2H3/t12-,13+,14+/m0/s1. The van der Waals surface area contributed by atoms with E-state index in [9.17, 15) is 9.90 Å². The topological polar surface area (TPSA) is 59.0 Å². The number of nitrogens with zero attached hydrogens (tertiary/aromatic N) is 1. The molecule has 1 N–H and O–H groups in total. The number of alkyl halides is 1. The highest BCUT2D eigenvalue weighted by Gasteiger charge is 2.37. The third-order valence-corrected chi connectivity index (χ3v) is 4.25. The van der Waals surface area contributed by atoms with Gasteiger partial charge in [0, 0.05) is 0 Å². The van der Waals surface area contributed by atoms with Crippen molar-refractivity contribution in [2.45, 2.75) is 30.8 Å². The highest BCUT2D eigenvalue weighted by atomic mass is 79.9. The molecular weight excluding hydrogens is 338 g/mol. The minimum absolute atomic E-state index is 0.0916. The summed E-state index contributed by atoms with van der Waals surface area (Å²) in [7, 11) is 0. The second kappa shape index (κ2) is 7.24. The number of benzene rings is 1. The molecule has 1 aromatic carbocycles. The molecule has 1 aliphatic heterocycles. The number of ether oxygens (including phenoxy) is 1. The highest BCUT2D eigenvalue weighted by molar-refractivity contribution is 9.09. The molecule has 1 fully saturated rings. The van der Waals surface area contributed by atoms with Gasteiger partial charge in [0.1, 0.15) is 6.61 Å². The summed E-state index contributed by atoms with van der Waals surface area (Å²) in [5.41, 5.74) is 0.799. The molecule has 1 aromatic rings. The number of aliphatic hydroxyl groups excluding tert-OH is 1. The summed E-state index contributed by atoms with van der Waals surface area (Å²) in [5, 5.41) is 11.5. The van der Waals surface area contributed by atoms with Gasteiger partial charge in [0.15, 0.2) is 0 Å². The van der Waals surface area contributed by atoms with Crippen LogP contribution in [-0.4, -0.2) is 40.3 Å². The lowest BCUT2D eigenvalue weighted by atomic mass is 10.1. The number of aliphatic hydroxyl groups is 1. The molecule has 5 nitrogen and oxygen atoms in total. The van der Waals surface area contributed by atoms with Crippen LogP contribution in [0.15, 0.2) is 30.3 Å². The number of carbonyl (C=O) groups is 1. The quantitative estimate of drug-likeness (QED) is 0.795. The Bertz CT molecular complexity index is 468. The number of carbonyl (C=O) groups excluding carboxylic acids is 1. The zero-order chi connectivity index (χ0) is 15.4. The second-order valence-corrected chi connectivity index (χ2v) is 6.56. The lowest BCUT2D eigenvalue weighted by molar-refractivity contribution is -0.142. The van der Waals surface area contributed by atoms with Crippen molar-refractivity contribution < 1.29 is 19.5 Å². The molecule has 0 radical (unpaired) electrons. The lowest BCUT2D eigenvalue weighted by Crippen LogP contribution is -2.39. The first kappa shape index (κ1) is 16.3. The summed E-state index contributed by atoms with van der Waals surface area (Å²) in [6.07, 6.45) is -1.18. The van der Waals surface area contributed by atoms with Gasteiger partial charge in [0.25, 0.3) is 0 Å². The van der Waals surface area contributed by atoms with Crippen molar-refractivity contribution in [2.75, 3.05) is 13.2 Å². The second-order valence-electron chi connectivity index (χ2n) is 5.38. The van der Waals surface area contributed by atoms with Crippen molar-refractivity contribution in [1.29, 1.82) is 0 Å². The Morgan fingerprint density at radius 3 is 2.71 bits per heavy atom. The van der Waals surface area contributed by atoms with Crippen molar-refractivity contribution in [3.8, 4) is 0 Å². The summed E-state index contributed by atoms with van der Waals surface area (Å²) in [6.45, 7) is 4.53. The third-order valence-electron chi connectivity index (χ3n) is 3.48. The Labute approximate surface area is 132 Å².